The zero-order valence-electron chi connectivity index (χ0n) is 11.6. The maximum atomic E-state index is 12.0. The van der Waals surface area contributed by atoms with Gasteiger partial charge in [0.15, 0.2) is 0 Å². The first-order valence-electron chi connectivity index (χ1n) is 6.61. The minimum Gasteiger partial charge on any atom is -0.480 e. The lowest BCUT2D eigenvalue weighted by atomic mass is 9.88. The van der Waals surface area contributed by atoms with Gasteiger partial charge in [-0.3, -0.25) is 4.79 Å². The van der Waals surface area contributed by atoms with Crippen LogP contribution in [0, 0.1) is 11.8 Å². The fraction of sp³-hybridized carbons (Fsp3) is 0.714. The topological polar surface area (TPSA) is 66.4 Å². The van der Waals surface area contributed by atoms with Crippen LogP contribution >= 0.6 is 0 Å². The van der Waals surface area contributed by atoms with E-state index in [0.29, 0.717) is 18.8 Å². The molecule has 0 aromatic rings. The van der Waals surface area contributed by atoms with E-state index >= 15 is 0 Å². The van der Waals surface area contributed by atoms with Crippen LogP contribution in [-0.4, -0.2) is 23.0 Å². The highest BCUT2D eigenvalue weighted by atomic mass is 16.4. The van der Waals surface area contributed by atoms with Crippen LogP contribution in [-0.2, 0) is 9.59 Å². The molecule has 4 nitrogen and oxygen atoms in total. The van der Waals surface area contributed by atoms with E-state index in [0.717, 1.165) is 12.8 Å². The molecular formula is C14H25NO3. The van der Waals surface area contributed by atoms with Crippen molar-refractivity contribution in [3.63, 3.8) is 0 Å². The molecule has 0 bridgehead atoms. The maximum absolute atomic E-state index is 12.0. The Morgan fingerprint density at radius 1 is 1.33 bits per heavy atom. The number of nitrogens with one attached hydrogen (secondary N) is 1. The molecule has 1 amide bonds. The average Bonchev–Trinajstić information content (AvgIpc) is 2.35. The van der Waals surface area contributed by atoms with Gasteiger partial charge in [0.1, 0.15) is 6.04 Å². The standard InChI is InChI=1S/C14H25NO3/c1-5-8-9-12(14(17)18)15-13(16)10(4)11(6-2)7-3/h5,10-12H,1,6-9H2,2-4H3,(H,15,16)(H,17,18). The smallest absolute Gasteiger partial charge is 0.326 e. The highest BCUT2D eigenvalue weighted by Crippen LogP contribution is 2.19. The minimum atomic E-state index is -0.984. The molecule has 0 fully saturated rings. The summed E-state index contributed by atoms with van der Waals surface area (Å²) in [6, 6.07) is -0.813. The van der Waals surface area contributed by atoms with Gasteiger partial charge in [-0.15, -0.1) is 6.58 Å². The summed E-state index contributed by atoms with van der Waals surface area (Å²) in [5.74, 6) is -0.994. The summed E-state index contributed by atoms with van der Waals surface area (Å²) >= 11 is 0. The summed E-state index contributed by atoms with van der Waals surface area (Å²) in [4.78, 5) is 23.0. The molecule has 0 radical (unpaired) electrons. The van der Waals surface area contributed by atoms with Crippen LogP contribution in [0.5, 0.6) is 0 Å². The number of hydrogen-bond donors (Lipinski definition) is 2. The molecule has 0 aromatic heterocycles. The molecule has 18 heavy (non-hydrogen) atoms. The molecule has 0 spiro atoms. The largest absolute Gasteiger partial charge is 0.480 e. The van der Waals surface area contributed by atoms with Crippen molar-refractivity contribution >= 4 is 11.9 Å². The van der Waals surface area contributed by atoms with E-state index < -0.39 is 12.0 Å². The summed E-state index contributed by atoms with van der Waals surface area (Å²) < 4.78 is 0. The minimum absolute atomic E-state index is 0.148. The van der Waals surface area contributed by atoms with Crippen LogP contribution in [0.3, 0.4) is 0 Å². The number of rotatable bonds is 9. The van der Waals surface area contributed by atoms with E-state index in [4.69, 9.17) is 5.11 Å². The van der Waals surface area contributed by atoms with Gasteiger partial charge in [0.05, 0.1) is 0 Å². The number of amides is 1. The van der Waals surface area contributed by atoms with Crippen molar-refractivity contribution in [3.05, 3.63) is 12.7 Å². The van der Waals surface area contributed by atoms with Crippen molar-refractivity contribution in [1.82, 2.24) is 5.32 Å². The van der Waals surface area contributed by atoms with Crippen molar-refractivity contribution in [2.45, 2.75) is 52.5 Å². The van der Waals surface area contributed by atoms with Gasteiger partial charge in [-0.05, 0) is 18.8 Å². The second-order valence-electron chi connectivity index (χ2n) is 4.63. The Labute approximate surface area is 109 Å². The number of carbonyl (C=O) groups is 2. The van der Waals surface area contributed by atoms with Crippen molar-refractivity contribution < 1.29 is 14.7 Å². The molecule has 0 saturated heterocycles. The van der Waals surface area contributed by atoms with Gasteiger partial charge in [-0.25, -0.2) is 4.79 Å². The Morgan fingerprint density at radius 2 is 1.89 bits per heavy atom. The molecule has 0 saturated carbocycles. The van der Waals surface area contributed by atoms with Gasteiger partial charge >= 0.3 is 5.97 Å². The van der Waals surface area contributed by atoms with Gasteiger partial charge in [0.25, 0.3) is 0 Å². The van der Waals surface area contributed by atoms with Crippen molar-refractivity contribution in [2.24, 2.45) is 11.8 Å². The second kappa shape index (κ2) is 8.72. The summed E-state index contributed by atoms with van der Waals surface area (Å²) in [5.41, 5.74) is 0. The van der Waals surface area contributed by atoms with E-state index in [9.17, 15) is 9.59 Å². The lowest BCUT2D eigenvalue weighted by Crippen LogP contribution is -2.44. The summed E-state index contributed by atoms with van der Waals surface area (Å²) in [5, 5.41) is 11.6. The third-order valence-corrected chi connectivity index (χ3v) is 3.44. The van der Waals surface area contributed by atoms with Crippen LogP contribution in [0.15, 0.2) is 12.7 Å². The summed E-state index contributed by atoms with van der Waals surface area (Å²) in [6.45, 7) is 9.51. The van der Waals surface area contributed by atoms with Crippen LogP contribution in [0.1, 0.15) is 46.5 Å². The normalized spacial score (nSPS) is 14.0. The highest BCUT2D eigenvalue weighted by Gasteiger charge is 2.25. The SMILES string of the molecule is C=CCCC(NC(=O)C(C)C(CC)CC)C(=O)O. The highest BCUT2D eigenvalue weighted by molar-refractivity contribution is 5.84. The summed E-state index contributed by atoms with van der Waals surface area (Å²) in [6.07, 6.45) is 4.48. The summed E-state index contributed by atoms with van der Waals surface area (Å²) in [7, 11) is 0. The Bertz CT molecular complexity index is 285. The Balaban J connectivity index is 4.48. The van der Waals surface area contributed by atoms with Crippen LogP contribution < -0.4 is 5.32 Å². The number of carbonyl (C=O) groups excluding carboxylic acids is 1. The molecule has 4 heteroatoms. The van der Waals surface area contributed by atoms with Crippen LogP contribution in [0.2, 0.25) is 0 Å². The predicted octanol–water partition coefficient (Wildman–Crippen LogP) is 2.59. The Hall–Kier alpha value is -1.32. The molecule has 2 N–H and O–H groups in total. The van der Waals surface area contributed by atoms with Gasteiger partial charge in [0.2, 0.25) is 5.91 Å². The second-order valence-corrected chi connectivity index (χ2v) is 4.63. The first-order valence-corrected chi connectivity index (χ1v) is 6.61. The zero-order valence-corrected chi connectivity index (χ0v) is 11.6. The lowest BCUT2D eigenvalue weighted by molar-refractivity contribution is -0.142. The van der Waals surface area contributed by atoms with E-state index in [-0.39, 0.29) is 11.8 Å². The van der Waals surface area contributed by atoms with E-state index in [2.05, 4.69) is 11.9 Å². The number of allylic oxidation sites excluding steroid dienone is 1. The molecule has 0 aliphatic heterocycles. The Morgan fingerprint density at radius 3 is 2.28 bits per heavy atom. The molecule has 0 aliphatic carbocycles. The van der Waals surface area contributed by atoms with Crippen molar-refractivity contribution in [3.8, 4) is 0 Å². The molecule has 2 atom stereocenters. The monoisotopic (exact) mass is 255 g/mol. The van der Waals surface area contributed by atoms with Gasteiger partial charge in [-0.2, -0.15) is 0 Å². The van der Waals surface area contributed by atoms with Gasteiger partial charge in [-0.1, -0.05) is 39.7 Å². The number of hydrogen-bond acceptors (Lipinski definition) is 2. The van der Waals surface area contributed by atoms with Crippen LogP contribution in [0.4, 0.5) is 0 Å². The number of carboxylic acids is 1. The van der Waals surface area contributed by atoms with Crippen molar-refractivity contribution in [2.75, 3.05) is 0 Å². The maximum Gasteiger partial charge on any atom is 0.326 e. The van der Waals surface area contributed by atoms with Gasteiger partial charge in [0, 0.05) is 5.92 Å². The number of aliphatic carboxylic acids is 1. The third kappa shape index (κ3) is 5.34. The first-order chi connectivity index (χ1) is 8.47. The fourth-order valence-electron chi connectivity index (χ4n) is 2.05. The number of carboxylic acid groups (broad SMARTS) is 1. The van der Waals surface area contributed by atoms with E-state index in [1.54, 1.807) is 6.08 Å². The quantitative estimate of drug-likeness (QED) is 0.622. The van der Waals surface area contributed by atoms with Crippen LogP contribution in [0.25, 0.3) is 0 Å². The van der Waals surface area contributed by atoms with Gasteiger partial charge < -0.3 is 10.4 Å². The fourth-order valence-corrected chi connectivity index (χ4v) is 2.05. The average molecular weight is 255 g/mol. The van der Waals surface area contributed by atoms with E-state index in [1.807, 2.05) is 20.8 Å². The molecule has 0 heterocycles. The third-order valence-electron chi connectivity index (χ3n) is 3.44. The molecule has 0 aliphatic rings. The molecule has 0 rings (SSSR count). The lowest BCUT2D eigenvalue weighted by Gasteiger charge is -2.22. The molecular weight excluding hydrogens is 230 g/mol. The zero-order chi connectivity index (χ0) is 14.1. The molecule has 2 unspecified atom stereocenters. The first kappa shape index (κ1) is 16.7. The molecule has 0 aromatic carbocycles. The van der Waals surface area contributed by atoms with E-state index in [1.165, 1.54) is 0 Å². The van der Waals surface area contributed by atoms with Crippen molar-refractivity contribution in [1.29, 1.82) is 0 Å². The Kier molecular flexibility index (Phi) is 8.08. The predicted molar refractivity (Wildman–Crippen MR) is 72.2 cm³/mol. The molecule has 104 valence electrons.